The quantitative estimate of drug-likeness (QED) is 0.698. The van der Waals surface area contributed by atoms with Crippen LogP contribution in [0.4, 0.5) is 4.79 Å². The Kier molecular flexibility index (Phi) is 4.02. The molecule has 0 N–H and O–H groups in total. The Balaban J connectivity index is 1.56. The van der Waals surface area contributed by atoms with Crippen molar-refractivity contribution in [1.82, 2.24) is 24.3 Å². The van der Waals surface area contributed by atoms with Crippen LogP contribution in [0.1, 0.15) is 26.3 Å². The topological polar surface area (TPSA) is 64.7 Å². The first kappa shape index (κ1) is 17.3. The van der Waals surface area contributed by atoms with Gasteiger partial charge in [-0.25, -0.2) is 9.31 Å². The number of hydrogen-bond donors (Lipinski definition) is 0. The molecule has 0 fully saturated rings. The summed E-state index contributed by atoms with van der Waals surface area (Å²) in [4.78, 5) is 14.0. The van der Waals surface area contributed by atoms with Gasteiger partial charge in [-0.1, -0.05) is 12.1 Å². The molecule has 0 saturated carbocycles. The van der Waals surface area contributed by atoms with Gasteiger partial charge in [-0.15, -0.1) is 0 Å². The summed E-state index contributed by atoms with van der Waals surface area (Å²) in [5.74, 6) is 0. The van der Waals surface area contributed by atoms with E-state index in [9.17, 15) is 4.79 Å². The van der Waals surface area contributed by atoms with Gasteiger partial charge in [0.15, 0.2) is 0 Å². The van der Waals surface area contributed by atoms with Crippen LogP contribution >= 0.6 is 0 Å². The van der Waals surface area contributed by atoms with E-state index in [0.29, 0.717) is 13.1 Å². The summed E-state index contributed by atoms with van der Waals surface area (Å²) in [5.41, 5.74) is 4.75. The van der Waals surface area contributed by atoms with E-state index < -0.39 is 5.60 Å². The molecule has 7 nitrogen and oxygen atoms in total. The minimum Gasteiger partial charge on any atom is -0.444 e. The number of fused-ring (bicyclic) bond motifs is 1. The molecule has 0 atom stereocenters. The summed E-state index contributed by atoms with van der Waals surface area (Å²) < 4.78 is 9.12. The Hall–Kier alpha value is -3.09. The summed E-state index contributed by atoms with van der Waals surface area (Å²) in [6, 6.07) is 4.13. The normalized spacial score (nSPS) is 14.7. The van der Waals surface area contributed by atoms with E-state index >= 15 is 0 Å². The Morgan fingerprint density at radius 3 is 2.63 bits per heavy atom. The molecule has 3 aromatic rings. The highest BCUT2D eigenvalue weighted by molar-refractivity contribution is 5.84. The zero-order valence-electron chi connectivity index (χ0n) is 16.0. The molecule has 0 radical (unpaired) electrons. The first-order valence-electron chi connectivity index (χ1n) is 8.94. The Labute approximate surface area is 157 Å². The van der Waals surface area contributed by atoms with Gasteiger partial charge < -0.3 is 9.64 Å². The molecule has 140 valence electrons. The number of aromatic nitrogens is 4. The third kappa shape index (κ3) is 3.45. The highest BCUT2D eigenvalue weighted by Crippen LogP contribution is 2.28. The lowest BCUT2D eigenvalue weighted by atomic mass is 10.1. The van der Waals surface area contributed by atoms with Crippen LogP contribution in [-0.2, 0) is 11.8 Å². The number of aryl methyl sites for hydroxylation is 1. The molecule has 0 unspecified atom stereocenters. The molecule has 1 aliphatic heterocycles. The lowest BCUT2D eigenvalue weighted by Crippen LogP contribution is -2.35. The van der Waals surface area contributed by atoms with Gasteiger partial charge in [0, 0.05) is 49.2 Å². The van der Waals surface area contributed by atoms with E-state index in [0.717, 1.165) is 27.8 Å². The average molecular weight is 365 g/mol. The highest BCUT2D eigenvalue weighted by atomic mass is 16.6. The van der Waals surface area contributed by atoms with Gasteiger partial charge in [-0.2, -0.15) is 10.2 Å². The number of amides is 1. The third-order valence-electron chi connectivity index (χ3n) is 4.47. The molecule has 7 heteroatoms. The molecule has 0 aliphatic carbocycles. The van der Waals surface area contributed by atoms with Crippen molar-refractivity contribution in [3.8, 4) is 11.1 Å². The van der Waals surface area contributed by atoms with Crippen LogP contribution in [0.3, 0.4) is 0 Å². The van der Waals surface area contributed by atoms with Crippen LogP contribution in [-0.4, -0.2) is 49.1 Å². The van der Waals surface area contributed by atoms with Crippen LogP contribution in [0.5, 0.6) is 0 Å². The molecule has 4 heterocycles. The molecule has 0 bridgehead atoms. The first-order chi connectivity index (χ1) is 12.8. The molecule has 0 saturated heterocycles. The van der Waals surface area contributed by atoms with Gasteiger partial charge in [0.05, 0.1) is 17.9 Å². The smallest absolute Gasteiger partial charge is 0.410 e. The van der Waals surface area contributed by atoms with Crippen molar-refractivity contribution < 1.29 is 9.53 Å². The van der Waals surface area contributed by atoms with Crippen molar-refractivity contribution in [2.45, 2.75) is 26.4 Å². The highest BCUT2D eigenvalue weighted by Gasteiger charge is 2.26. The predicted molar refractivity (Wildman–Crippen MR) is 103 cm³/mol. The zero-order chi connectivity index (χ0) is 19.2. The van der Waals surface area contributed by atoms with Gasteiger partial charge in [-0.3, -0.25) is 4.68 Å². The number of carbonyl (C=O) groups excluding carboxylic acids is 1. The number of rotatable bonds is 2. The SMILES string of the molecule is Cn1cc(-c2ccc3c(C4=CCN(C(=O)OC(C)(C)C)C4)cnn3c2)cn1. The van der Waals surface area contributed by atoms with Crippen molar-refractivity contribution in [2.24, 2.45) is 7.05 Å². The first-order valence-corrected chi connectivity index (χ1v) is 8.94. The summed E-state index contributed by atoms with van der Waals surface area (Å²) >= 11 is 0. The van der Waals surface area contributed by atoms with Crippen molar-refractivity contribution in [3.63, 3.8) is 0 Å². The maximum absolute atomic E-state index is 12.3. The van der Waals surface area contributed by atoms with Crippen LogP contribution in [0, 0.1) is 0 Å². The number of carbonyl (C=O) groups is 1. The van der Waals surface area contributed by atoms with Gasteiger partial charge in [0.1, 0.15) is 5.60 Å². The summed E-state index contributed by atoms with van der Waals surface area (Å²) in [6.07, 6.45) is 9.44. The standard InChI is InChI=1S/C20H23N5O2/c1-20(2,3)27-19(26)24-8-7-15(12-24)17-10-22-25-13-14(5-6-18(17)25)16-9-21-23(4)11-16/h5-7,9-11,13H,8,12H2,1-4H3. The molecule has 27 heavy (non-hydrogen) atoms. The lowest BCUT2D eigenvalue weighted by Gasteiger charge is -2.24. The Bertz CT molecular complexity index is 1040. The van der Waals surface area contributed by atoms with Crippen molar-refractivity contribution in [2.75, 3.05) is 13.1 Å². The van der Waals surface area contributed by atoms with E-state index in [-0.39, 0.29) is 6.09 Å². The van der Waals surface area contributed by atoms with E-state index in [1.54, 1.807) is 9.58 Å². The monoisotopic (exact) mass is 365 g/mol. The fourth-order valence-corrected chi connectivity index (χ4v) is 3.19. The maximum Gasteiger partial charge on any atom is 0.410 e. The predicted octanol–water partition coefficient (Wildman–Crippen LogP) is 3.37. The second kappa shape index (κ2) is 6.26. The van der Waals surface area contributed by atoms with Crippen molar-refractivity contribution in [1.29, 1.82) is 0 Å². The molecule has 1 amide bonds. The van der Waals surface area contributed by atoms with E-state index in [1.165, 1.54) is 0 Å². The molecular weight excluding hydrogens is 342 g/mol. The summed E-state index contributed by atoms with van der Waals surface area (Å²) in [5, 5.41) is 8.72. The lowest BCUT2D eigenvalue weighted by molar-refractivity contribution is 0.0306. The average Bonchev–Trinajstić information content (AvgIpc) is 3.31. The van der Waals surface area contributed by atoms with E-state index in [4.69, 9.17) is 4.74 Å². The van der Waals surface area contributed by atoms with Gasteiger partial charge in [0.25, 0.3) is 0 Å². The summed E-state index contributed by atoms with van der Waals surface area (Å²) in [7, 11) is 1.90. The summed E-state index contributed by atoms with van der Waals surface area (Å²) in [6.45, 7) is 6.71. The third-order valence-corrected chi connectivity index (χ3v) is 4.47. The van der Waals surface area contributed by atoms with E-state index in [1.807, 2.05) is 57.1 Å². The zero-order valence-corrected chi connectivity index (χ0v) is 16.0. The molecule has 3 aromatic heterocycles. The number of pyridine rings is 1. The van der Waals surface area contributed by atoms with Crippen LogP contribution in [0.2, 0.25) is 0 Å². The van der Waals surface area contributed by atoms with Crippen LogP contribution in [0.15, 0.2) is 43.0 Å². The van der Waals surface area contributed by atoms with Gasteiger partial charge in [-0.05, 0) is 32.4 Å². The second-order valence-corrected chi connectivity index (χ2v) is 7.80. The number of hydrogen-bond acceptors (Lipinski definition) is 4. The maximum atomic E-state index is 12.3. The Morgan fingerprint density at radius 1 is 1.11 bits per heavy atom. The molecule has 0 aromatic carbocycles. The number of ether oxygens (including phenoxy) is 1. The van der Waals surface area contributed by atoms with E-state index in [2.05, 4.69) is 28.4 Å². The van der Waals surface area contributed by atoms with Crippen LogP contribution < -0.4 is 0 Å². The van der Waals surface area contributed by atoms with Crippen molar-refractivity contribution in [3.05, 3.63) is 48.6 Å². The number of nitrogens with zero attached hydrogens (tertiary/aromatic N) is 5. The Morgan fingerprint density at radius 2 is 1.93 bits per heavy atom. The van der Waals surface area contributed by atoms with Gasteiger partial charge in [0.2, 0.25) is 0 Å². The molecule has 1 aliphatic rings. The molecular formula is C20H23N5O2. The van der Waals surface area contributed by atoms with Gasteiger partial charge >= 0.3 is 6.09 Å². The molecule has 0 spiro atoms. The largest absolute Gasteiger partial charge is 0.444 e. The van der Waals surface area contributed by atoms with Crippen LogP contribution in [0.25, 0.3) is 22.2 Å². The minimum absolute atomic E-state index is 0.288. The fraction of sp³-hybridized carbons (Fsp3) is 0.350. The fourth-order valence-electron chi connectivity index (χ4n) is 3.19. The van der Waals surface area contributed by atoms with Crippen molar-refractivity contribution >= 4 is 17.2 Å². The second-order valence-electron chi connectivity index (χ2n) is 7.80. The minimum atomic E-state index is -0.493. The molecule has 4 rings (SSSR count).